The van der Waals surface area contributed by atoms with Gasteiger partial charge in [-0.05, 0) is 45.1 Å². The topological polar surface area (TPSA) is 24.5 Å². The second-order valence-electron chi connectivity index (χ2n) is 4.78. The van der Waals surface area contributed by atoms with Crippen molar-refractivity contribution in [1.82, 2.24) is 10.2 Å². The van der Waals surface area contributed by atoms with Crippen LogP contribution in [-0.4, -0.2) is 38.7 Å². The number of nitrogens with one attached hydrogen (secondary N) is 1. The predicted octanol–water partition coefficient (Wildman–Crippen LogP) is 1.84. The third kappa shape index (κ3) is 2.45. The molecule has 0 saturated carbocycles. The van der Waals surface area contributed by atoms with E-state index in [9.17, 15) is 0 Å². The SMILES string of the molecule is CCOc1ccc(C2(NC)CCN(C)C2)cc1. The average molecular weight is 234 g/mol. The van der Waals surface area contributed by atoms with Crippen molar-refractivity contribution < 1.29 is 4.74 Å². The molecule has 1 aromatic carbocycles. The van der Waals surface area contributed by atoms with Gasteiger partial charge in [-0.1, -0.05) is 12.1 Å². The molecular weight excluding hydrogens is 212 g/mol. The molecule has 1 atom stereocenters. The first-order valence-corrected chi connectivity index (χ1v) is 6.31. The monoisotopic (exact) mass is 234 g/mol. The molecule has 1 unspecified atom stereocenters. The summed E-state index contributed by atoms with van der Waals surface area (Å²) in [4.78, 5) is 2.37. The molecule has 0 amide bonds. The lowest BCUT2D eigenvalue weighted by Gasteiger charge is -2.29. The Morgan fingerprint density at radius 2 is 2.06 bits per heavy atom. The van der Waals surface area contributed by atoms with E-state index in [0.717, 1.165) is 31.9 Å². The number of benzene rings is 1. The van der Waals surface area contributed by atoms with E-state index >= 15 is 0 Å². The maximum absolute atomic E-state index is 5.48. The summed E-state index contributed by atoms with van der Waals surface area (Å²) in [6.45, 7) is 4.94. The number of ether oxygens (including phenoxy) is 1. The second-order valence-corrected chi connectivity index (χ2v) is 4.78. The molecule has 2 rings (SSSR count). The van der Waals surface area contributed by atoms with Crippen LogP contribution in [0.1, 0.15) is 18.9 Å². The fourth-order valence-electron chi connectivity index (χ4n) is 2.62. The molecule has 0 aliphatic carbocycles. The van der Waals surface area contributed by atoms with E-state index < -0.39 is 0 Å². The predicted molar refractivity (Wildman–Crippen MR) is 70.5 cm³/mol. The van der Waals surface area contributed by atoms with Crippen LogP contribution in [0.3, 0.4) is 0 Å². The highest BCUT2D eigenvalue weighted by Crippen LogP contribution is 2.31. The third-order valence-corrected chi connectivity index (χ3v) is 3.66. The van der Waals surface area contributed by atoms with Gasteiger partial charge in [0.25, 0.3) is 0 Å². The molecule has 0 bridgehead atoms. The summed E-state index contributed by atoms with van der Waals surface area (Å²) < 4.78 is 5.48. The molecule has 94 valence electrons. The van der Waals surface area contributed by atoms with Gasteiger partial charge in [0.2, 0.25) is 0 Å². The van der Waals surface area contributed by atoms with Crippen molar-refractivity contribution in [2.45, 2.75) is 18.9 Å². The Labute approximate surface area is 104 Å². The van der Waals surface area contributed by atoms with E-state index in [-0.39, 0.29) is 5.54 Å². The minimum Gasteiger partial charge on any atom is -0.494 e. The molecule has 1 fully saturated rings. The van der Waals surface area contributed by atoms with Gasteiger partial charge in [0.15, 0.2) is 0 Å². The van der Waals surface area contributed by atoms with E-state index in [1.807, 2.05) is 6.92 Å². The molecule has 3 nitrogen and oxygen atoms in total. The summed E-state index contributed by atoms with van der Waals surface area (Å²) in [5.74, 6) is 0.953. The Balaban J connectivity index is 2.20. The van der Waals surface area contributed by atoms with E-state index in [0.29, 0.717) is 0 Å². The first-order chi connectivity index (χ1) is 8.20. The van der Waals surface area contributed by atoms with Crippen molar-refractivity contribution in [3.63, 3.8) is 0 Å². The highest BCUT2D eigenvalue weighted by atomic mass is 16.5. The van der Waals surface area contributed by atoms with Crippen molar-refractivity contribution in [3.05, 3.63) is 29.8 Å². The Bertz CT molecular complexity index is 363. The molecule has 0 aromatic heterocycles. The van der Waals surface area contributed by atoms with Gasteiger partial charge < -0.3 is 15.0 Å². The molecule has 3 heteroatoms. The highest BCUT2D eigenvalue weighted by Gasteiger charge is 2.36. The first kappa shape index (κ1) is 12.4. The zero-order valence-electron chi connectivity index (χ0n) is 11.0. The summed E-state index contributed by atoms with van der Waals surface area (Å²) in [6.07, 6.45) is 1.16. The van der Waals surface area contributed by atoms with Gasteiger partial charge in [0, 0.05) is 13.1 Å². The van der Waals surface area contributed by atoms with E-state index in [4.69, 9.17) is 4.74 Å². The minimum atomic E-state index is 0.111. The number of likely N-dealkylation sites (N-methyl/N-ethyl adjacent to an activating group) is 2. The average Bonchev–Trinajstić information content (AvgIpc) is 2.74. The van der Waals surface area contributed by atoms with Crippen LogP contribution < -0.4 is 10.1 Å². The maximum Gasteiger partial charge on any atom is 0.119 e. The maximum atomic E-state index is 5.48. The molecule has 1 aromatic rings. The molecule has 17 heavy (non-hydrogen) atoms. The van der Waals surface area contributed by atoms with Crippen molar-refractivity contribution >= 4 is 0 Å². The molecule has 1 N–H and O–H groups in total. The smallest absolute Gasteiger partial charge is 0.119 e. The van der Waals surface area contributed by atoms with E-state index in [1.165, 1.54) is 5.56 Å². The molecule has 1 saturated heterocycles. The lowest BCUT2D eigenvalue weighted by Crippen LogP contribution is -2.42. The molecular formula is C14H22N2O. The molecule has 0 radical (unpaired) electrons. The van der Waals surface area contributed by atoms with Crippen LogP contribution in [-0.2, 0) is 5.54 Å². The van der Waals surface area contributed by atoms with Gasteiger partial charge in [-0.15, -0.1) is 0 Å². The number of hydrogen-bond donors (Lipinski definition) is 1. The minimum absolute atomic E-state index is 0.111. The molecule has 0 spiro atoms. The fraction of sp³-hybridized carbons (Fsp3) is 0.571. The van der Waals surface area contributed by atoms with Crippen LogP contribution in [0.5, 0.6) is 5.75 Å². The summed E-state index contributed by atoms with van der Waals surface area (Å²) >= 11 is 0. The summed E-state index contributed by atoms with van der Waals surface area (Å²) in [7, 11) is 4.23. The highest BCUT2D eigenvalue weighted by molar-refractivity contribution is 5.33. The van der Waals surface area contributed by atoms with Gasteiger partial charge in [-0.25, -0.2) is 0 Å². The molecule has 1 aliphatic rings. The van der Waals surface area contributed by atoms with Crippen LogP contribution in [0.4, 0.5) is 0 Å². The largest absolute Gasteiger partial charge is 0.494 e. The zero-order chi connectivity index (χ0) is 12.3. The lowest BCUT2D eigenvalue weighted by atomic mass is 9.89. The van der Waals surface area contributed by atoms with Gasteiger partial charge in [-0.3, -0.25) is 0 Å². The van der Waals surface area contributed by atoms with Crippen molar-refractivity contribution in [3.8, 4) is 5.75 Å². The third-order valence-electron chi connectivity index (χ3n) is 3.66. The molecule has 1 aliphatic heterocycles. The summed E-state index contributed by atoms with van der Waals surface area (Å²) in [6, 6.07) is 8.49. The van der Waals surface area contributed by atoms with E-state index in [1.54, 1.807) is 0 Å². The van der Waals surface area contributed by atoms with Crippen LogP contribution in [0.2, 0.25) is 0 Å². The Morgan fingerprint density at radius 3 is 2.53 bits per heavy atom. The Hall–Kier alpha value is -1.06. The van der Waals surface area contributed by atoms with Crippen molar-refractivity contribution in [2.24, 2.45) is 0 Å². The van der Waals surface area contributed by atoms with Gasteiger partial charge in [-0.2, -0.15) is 0 Å². The van der Waals surface area contributed by atoms with Gasteiger partial charge in [0.05, 0.1) is 12.1 Å². The quantitative estimate of drug-likeness (QED) is 0.860. The fourth-order valence-corrected chi connectivity index (χ4v) is 2.62. The standard InChI is InChI=1S/C14H22N2O/c1-4-17-13-7-5-12(6-8-13)14(15-2)9-10-16(3)11-14/h5-8,15H,4,9-11H2,1-3H3. The van der Waals surface area contributed by atoms with Gasteiger partial charge in [0.1, 0.15) is 5.75 Å². The summed E-state index contributed by atoms with van der Waals surface area (Å²) in [5, 5.41) is 3.49. The number of rotatable bonds is 4. The van der Waals surface area contributed by atoms with Crippen molar-refractivity contribution in [2.75, 3.05) is 33.8 Å². The van der Waals surface area contributed by atoms with E-state index in [2.05, 4.69) is 48.6 Å². The Morgan fingerprint density at radius 1 is 1.35 bits per heavy atom. The lowest BCUT2D eigenvalue weighted by molar-refractivity contribution is 0.330. The molecule has 1 heterocycles. The summed E-state index contributed by atoms with van der Waals surface area (Å²) in [5.41, 5.74) is 1.47. The van der Waals surface area contributed by atoms with Crippen LogP contribution in [0.15, 0.2) is 24.3 Å². The number of nitrogens with zero attached hydrogens (tertiary/aromatic N) is 1. The number of likely N-dealkylation sites (tertiary alicyclic amines) is 1. The second kappa shape index (κ2) is 5.07. The van der Waals surface area contributed by atoms with Crippen molar-refractivity contribution in [1.29, 1.82) is 0 Å². The van der Waals surface area contributed by atoms with Gasteiger partial charge >= 0.3 is 0 Å². The Kier molecular flexibility index (Phi) is 3.69. The normalized spacial score (nSPS) is 25.1. The number of hydrogen-bond acceptors (Lipinski definition) is 3. The van der Waals surface area contributed by atoms with Crippen LogP contribution >= 0.6 is 0 Å². The first-order valence-electron chi connectivity index (χ1n) is 6.31. The van der Waals surface area contributed by atoms with Crippen LogP contribution in [0, 0.1) is 0 Å². The van der Waals surface area contributed by atoms with Crippen LogP contribution in [0.25, 0.3) is 0 Å². The zero-order valence-corrected chi connectivity index (χ0v) is 11.0.